The Morgan fingerprint density at radius 3 is 2.42 bits per heavy atom. The molecule has 0 bridgehead atoms. The number of aryl methyl sites for hydroxylation is 2. The molecule has 19 heavy (non-hydrogen) atoms. The number of carbonyl (C=O) groups excluding carboxylic acids is 1. The lowest BCUT2D eigenvalue weighted by molar-refractivity contribution is -0.306. The zero-order valence-electron chi connectivity index (χ0n) is 10.9. The number of hydrogen-bond acceptors (Lipinski definition) is 2. The summed E-state index contributed by atoms with van der Waals surface area (Å²) in [6, 6.07) is 10.9. The highest BCUT2D eigenvalue weighted by Crippen LogP contribution is 2.27. The average molecular weight is 277 g/mol. The molecule has 0 aliphatic heterocycles. The van der Waals surface area contributed by atoms with Gasteiger partial charge in [-0.3, -0.25) is 0 Å². The second-order valence-electron chi connectivity index (χ2n) is 4.63. The SMILES string of the molecule is Cc1ccc(C)n1[C@@H](CC(=O)[O-])c1cccc(Cl)c1. The van der Waals surface area contributed by atoms with Crippen LogP contribution in [0.4, 0.5) is 0 Å². The van der Waals surface area contributed by atoms with Gasteiger partial charge in [0.1, 0.15) is 0 Å². The van der Waals surface area contributed by atoms with Crippen LogP contribution in [-0.4, -0.2) is 10.5 Å². The number of carbonyl (C=O) groups is 1. The zero-order chi connectivity index (χ0) is 14.0. The molecule has 0 fully saturated rings. The predicted molar refractivity (Wildman–Crippen MR) is 73.1 cm³/mol. The van der Waals surface area contributed by atoms with E-state index < -0.39 is 5.97 Å². The third kappa shape index (κ3) is 2.99. The fourth-order valence-electron chi connectivity index (χ4n) is 2.40. The first-order valence-electron chi connectivity index (χ1n) is 6.09. The van der Waals surface area contributed by atoms with Gasteiger partial charge in [-0.05, 0) is 43.7 Å². The Labute approximate surface area is 117 Å². The van der Waals surface area contributed by atoms with Gasteiger partial charge in [0.15, 0.2) is 0 Å². The van der Waals surface area contributed by atoms with Gasteiger partial charge in [0, 0.05) is 28.8 Å². The van der Waals surface area contributed by atoms with Crippen molar-refractivity contribution in [3.63, 3.8) is 0 Å². The fraction of sp³-hybridized carbons (Fsp3) is 0.267. The summed E-state index contributed by atoms with van der Waals surface area (Å²) in [6.45, 7) is 3.92. The lowest BCUT2D eigenvalue weighted by Crippen LogP contribution is -2.27. The van der Waals surface area contributed by atoms with Gasteiger partial charge in [-0.1, -0.05) is 23.7 Å². The van der Waals surface area contributed by atoms with Crippen molar-refractivity contribution in [2.45, 2.75) is 26.3 Å². The van der Waals surface area contributed by atoms with Gasteiger partial charge in [-0.2, -0.15) is 0 Å². The largest absolute Gasteiger partial charge is 0.550 e. The van der Waals surface area contributed by atoms with E-state index in [1.807, 2.05) is 42.7 Å². The van der Waals surface area contributed by atoms with Crippen LogP contribution in [0, 0.1) is 13.8 Å². The number of nitrogens with zero attached hydrogens (tertiary/aromatic N) is 1. The Hall–Kier alpha value is -1.74. The second-order valence-corrected chi connectivity index (χ2v) is 5.07. The molecule has 0 N–H and O–H groups in total. The Bertz CT molecular complexity index is 584. The molecule has 0 saturated heterocycles. The maximum atomic E-state index is 11.0. The van der Waals surface area contributed by atoms with Crippen molar-refractivity contribution in [2.24, 2.45) is 0 Å². The Kier molecular flexibility index (Phi) is 3.96. The summed E-state index contributed by atoms with van der Waals surface area (Å²) < 4.78 is 2.00. The Morgan fingerprint density at radius 1 is 1.26 bits per heavy atom. The summed E-state index contributed by atoms with van der Waals surface area (Å²) in [4.78, 5) is 11.0. The minimum atomic E-state index is -1.07. The summed E-state index contributed by atoms with van der Waals surface area (Å²) in [5.41, 5.74) is 2.91. The maximum Gasteiger partial charge on any atom is 0.0637 e. The van der Waals surface area contributed by atoms with Crippen molar-refractivity contribution in [1.82, 2.24) is 4.57 Å². The van der Waals surface area contributed by atoms with Crippen molar-refractivity contribution < 1.29 is 9.90 Å². The quantitative estimate of drug-likeness (QED) is 0.861. The van der Waals surface area contributed by atoms with E-state index in [4.69, 9.17) is 11.6 Å². The van der Waals surface area contributed by atoms with Crippen LogP contribution in [0.2, 0.25) is 5.02 Å². The maximum absolute atomic E-state index is 11.0. The molecule has 4 heteroatoms. The molecule has 1 atom stereocenters. The van der Waals surface area contributed by atoms with Crippen LogP contribution in [-0.2, 0) is 4.79 Å². The summed E-state index contributed by atoms with van der Waals surface area (Å²) in [5.74, 6) is -1.07. The molecule has 0 unspecified atom stereocenters. The molecule has 0 amide bonds. The Balaban J connectivity index is 2.50. The summed E-state index contributed by atoms with van der Waals surface area (Å²) in [6.07, 6.45) is -0.0727. The van der Waals surface area contributed by atoms with Crippen LogP contribution >= 0.6 is 11.6 Å². The molecular weight excluding hydrogens is 262 g/mol. The first-order valence-corrected chi connectivity index (χ1v) is 6.46. The molecule has 1 aromatic heterocycles. The number of carboxylic acids is 1. The molecule has 0 saturated carbocycles. The molecule has 0 aliphatic rings. The fourth-order valence-corrected chi connectivity index (χ4v) is 2.60. The van der Waals surface area contributed by atoms with Crippen molar-refractivity contribution in [1.29, 1.82) is 0 Å². The van der Waals surface area contributed by atoms with E-state index in [9.17, 15) is 9.90 Å². The smallest absolute Gasteiger partial charge is 0.0637 e. The van der Waals surface area contributed by atoms with E-state index in [0.717, 1.165) is 17.0 Å². The third-order valence-corrected chi connectivity index (χ3v) is 3.47. The standard InChI is InChI=1S/C15H16ClNO2/c1-10-6-7-11(2)17(10)14(9-15(18)19)12-4-3-5-13(16)8-12/h3-8,14H,9H2,1-2H3,(H,18,19)/p-1/t14-/m0/s1. The van der Waals surface area contributed by atoms with Gasteiger partial charge in [0.05, 0.1) is 6.04 Å². The number of rotatable bonds is 4. The number of halogens is 1. The molecule has 1 heterocycles. The van der Waals surface area contributed by atoms with Crippen LogP contribution in [0.15, 0.2) is 36.4 Å². The molecule has 1 aromatic carbocycles. The second kappa shape index (κ2) is 5.49. The predicted octanol–water partition coefficient (Wildman–Crippen LogP) is 2.49. The van der Waals surface area contributed by atoms with Crippen LogP contribution in [0.3, 0.4) is 0 Å². The average Bonchev–Trinajstić information content (AvgIpc) is 2.66. The van der Waals surface area contributed by atoms with Gasteiger partial charge < -0.3 is 14.5 Å². The highest BCUT2D eigenvalue weighted by molar-refractivity contribution is 6.30. The summed E-state index contributed by atoms with van der Waals surface area (Å²) >= 11 is 5.99. The van der Waals surface area contributed by atoms with Gasteiger partial charge in [0.2, 0.25) is 0 Å². The van der Waals surface area contributed by atoms with E-state index >= 15 is 0 Å². The molecule has 0 radical (unpaired) electrons. The summed E-state index contributed by atoms with van der Waals surface area (Å²) in [5, 5.41) is 11.6. The first-order chi connectivity index (χ1) is 8.99. The molecular formula is C15H15ClNO2-. The number of aliphatic carboxylic acids is 1. The van der Waals surface area contributed by atoms with Gasteiger partial charge >= 0.3 is 0 Å². The van der Waals surface area contributed by atoms with Gasteiger partial charge in [0.25, 0.3) is 0 Å². The van der Waals surface area contributed by atoms with Crippen molar-refractivity contribution in [3.05, 3.63) is 58.4 Å². The zero-order valence-corrected chi connectivity index (χ0v) is 11.6. The van der Waals surface area contributed by atoms with Crippen molar-refractivity contribution in [2.75, 3.05) is 0 Å². The molecule has 2 rings (SSSR count). The van der Waals surface area contributed by atoms with Gasteiger partial charge in [-0.15, -0.1) is 0 Å². The molecule has 0 aliphatic carbocycles. The monoisotopic (exact) mass is 276 g/mol. The summed E-state index contributed by atoms with van der Waals surface area (Å²) in [7, 11) is 0. The number of aromatic nitrogens is 1. The van der Waals surface area contributed by atoms with Crippen LogP contribution in [0.25, 0.3) is 0 Å². The van der Waals surface area contributed by atoms with Gasteiger partial charge in [-0.25, -0.2) is 0 Å². The third-order valence-electron chi connectivity index (χ3n) is 3.23. The number of hydrogen-bond donors (Lipinski definition) is 0. The molecule has 3 nitrogen and oxygen atoms in total. The molecule has 2 aromatic rings. The number of benzene rings is 1. The van der Waals surface area contributed by atoms with E-state index in [2.05, 4.69) is 0 Å². The minimum Gasteiger partial charge on any atom is -0.550 e. The highest BCUT2D eigenvalue weighted by atomic mass is 35.5. The lowest BCUT2D eigenvalue weighted by Gasteiger charge is -2.24. The van der Waals surface area contributed by atoms with Crippen LogP contribution in [0.1, 0.15) is 29.4 Å². The van der Waals surface area contributed by atoms with E-state index in [-0.39, 0.29) is 12.5 Å². The topological polar surface area (TPSA) is 45.1 Å². The Morgan fingerprint density at radius 2 is 1.89 bits per heavy atom. The number of carboxylic acid groups (broad SMARTS) is 1. The minimum absolute atomic E-state index is 0.0727. The highest BCUT2D eigenvalue weighted by Gasteiger charge is 2.17. The normalized spacial score (nSPS) is 12.4. The van der Waals surface area contributed by atoms with E-state index in [0.29, 0.717) is 5.02 Å². The van der Waals surface area contributed by atoms with Crippen molar-refractivity contribution >= 4 is 17.6 Å². The van der Waals surface area contributed by atoms with E-state index in [1.54, 1.807) is 12.1 Å². The van der Waals surface area contributed by atoms with Crippen molar-refractivity contribution in [3.8, 4) is 0 Å². The van der Waals surface area contributed by atoms with E-state index in [1.165, 1.54) is 0 Å². The lowest BCUT2D eigenvalue weighted by atomic mass is 10.0. The molecule has 100 valence electrons. The first kappa shape index (κ1) is 13.7. The molecule has 0 spiro atoms. The van der Waals surface area contributed by atoms with Crippen LogP contribution < -0.4 is 5.11 Å². The van der Waals surface area contributed by atoms with Crippen LogP contribution in [0.5, 0.6) is 0 Å².